The van der Waals surface area contributed by atoms with Crippen molar-refractivity contribution < 1.29 is 23.4 Å². The number of hydrogen-bond acceptors (Lipinski definition) is 8. The highest BCUT2D eigenvalue weighted by atomic mass is 35.5. The maximum atomic E-state index is 15.2. The van der Waals surface area contributed by atoms with E-state index in [-0.39, 0.29) is 34.6 Å². The lowest BCUT2D eigenvalue weighted by atomic mass is 10.1. The molecule has 11 heteroatoms. The lowest BCUT2D eigenvalue weighted by Crippen LogP contribution is -2.29. The number of fused-ring (bicyclic) bond motifs is 1. The molecule has 2 atom stereocenters. The van der Waals surface area contributed by atoms with Gasteiger partial charge in [0.25, 0.3) is 0 Å². The Morgan fingerprint density at radius 1 is 1.27 bits per heavy atom. The van der Waals surface area contributed by atoms with E-state index in [2.05, 4.69) is 26.8 Å². The van der Waals surface area contributed by atoms with Crippen LogP contribution in [0.3, 0.4) is 0 Å². The first-order valence-electron chi connectivity index (χ1n) is 12.2. The third-order valence-corrected chi connectivity index (χ3v) is 6.73. The summed E-state index contributed by atoms with van der Waals surface area (Å²) in [4.78, 5) is 26.6. The number of ether oxygens (including phenoxy) is 3. The number of carbonyl (C=O) groups excluding carboxylic acids is 1. The Bertz CT molecular complexity index is 1300. The van der Waals surface area contributed by atoms with Gasteiger partial charge >= 0.3 is 0 Å². The molecule has 37 heavy (non-hydrogen) atoms. The number of likely N-dealkylation sites (tertiary alicyclic amines) is 1. The van der Waals surface area contributed by atoms with Gasteiger partial charge in [0.05, 0.1) is 23.9 Å². The van der Waals surface area contributed by atoms with Gasteiger partial charge in [-0.1, -0.05) is 18.2 Å². The highest BCUT2D eigenvalue weighted by Crippen LogP contribution is 2.34. The van der Waals surface area contributed by atoms with Gasteiger partial charge in [0, 0.05) is 25.6 Å². The van der Waals surface area contributed by atoms with Crippen LogP contribution in [-0.2, 0) is 9.53 Å². The first kappa shape index (κ1) is 25.2. The van der Waals surface area contributed by atoms with Crippen molar-refractivity contribution in [1.82, 2.24) is 19.9 Å². The first-order chi connectivity index (χ1) is 18.0. The maximum absolute atomic E-state index is 15.2. The van der Waals surface area contributed by atoms with Crippen molar-refractivity contribution in [1.29, 1.82) is 0 Å². The van der Waals surface area contributed by atoms with E-state index in [1.807, 2.05) is 0 Å². The summed E-state index contributed by atoms with van der Waals surface area (Å²) in [6.45, 7) is 5.59. The second-order valence-corrected chi connectivity index (χ2v) is 9.30. The largest absolute Gasteiger partial charge is 0.489 e. The molecule has 0 unspecified atom stereocenters. The molecule has 1 N–H and O–H groups in total. The summed E-state index contributed by atoms with van der Waals surface area (Å²) < 4.78 is 32.6. The Kier molecular flexibility index (Phi) is 7.66. The zero-order valence-corrected chi connectivity index (χ0v) is 20.9. The Balaban J connectivity index is 1.31. The Morgan fingerprint density at radius 2 is 2.16 bits per heavy atom. The van der Waals surface area contributed by atoms with Crippen molar-refractivity contribution in [2.24, 2.45) is 0 Å². The molecule has 0 bridgehead atoms. The molecule has 2 aliphatic heterocycles. The highest BCUT2D eigenvalue weighted by molar-refractivity contribution is 6.32. The van der Waals surface area contributed by atoms with Crippen molar-refractivity contribution in [2.45, 2.75) is 37.9 Å². The molecule has 0 radical (unpaired) electrons. The van der Waals surface area contributed by atoms with Crippen LogP contribution in [0.4, 0.5) is 15.9 Å². The van der Waals surface area contributed by atoms with E-state index in [9.17, 15) is 4.79 Å². The minimum Gasteiger partial charge on any atom is -0.489 e. The molecule has 1 amide bonds. The van der Waals surface area contributed by atoms with E-state index in [0.717, 1.165) is 19.3 Å². The van der Waals surface area contributed by atoms with Gasteiger partial charge in [-0.15, -0.1) is 0 Å². The molecule has 0 aliphatic carbocycles. The molecular weight excluding hydrogens is 501 g/mol. The molecule has 0 spiro atoms. The van der Waals surface area contributed by atoms with Crippen molar-refractivity contribution in [3.05, 3.63) is 54.1 Å². The monoisotopic (exact) mass is 527 g/mol. The van der Waals surface area contributed by atoms with Gasteiger partial charge in [0.2, 0.25) is 11.8 Å². The number of halogens is 2. The summed E-state index contributed by atoms with van der Waals surface area (Å²) in [5.74, 6) is 0.110. The second kappa shape index (κ2) is 11.3. The number of hydrogen-bond donors (Lipinski definition) is 1. The maximum Gasteiger partial charge on any atom is 0.246 e. The molecule has 2 fully saturated rings. The molecule has 4 heterocycles. The summed E-state index contributed by atoms with van der Waals surface area (Å²) in [5.41, 5.74) is 1.08. The first-order valence-corrected chi connectivity index (χ1v) is 12.6. The van der Waals surface area contributed by atoms with E-state index < -0.39 is 5.82 Å². The van der Waals surface area contributed by atoms with Gasteiger partial charge in [0.15, 0.2) is 11.6 Å². The van der Waals surface area contributed by atoms with Crippen LogP contribution >= 0.6 is 11.6 Å². The normalized spacial score (nSPS) is 19.6. The topological polar surface area (TPSA) is 98.7 Å². The summed E-state index contributed by atoms with van der Waals surface area (Å²) in [6, 6.07) is 6.60. The average molecular weight is 528 g/mol. The van der Waals surface area contributed by atoms with Gasteiger partial charge in [-0.3, -0.25) is 4.79 Å². The summed E-state index contributed by atoms with van der Waals surface area (Å²) >= 11 is 6.28. The predicted octanol–water partition coefficient (Wildman–Crippen LogP) is 4.67. The van der Waals surface area contributed by atoms with E-state index >= 15 is 4.39 Å². The van der Waals surface area contributed by atoms with Gasteiger partial charge < -0.3 is 24.4 Å². The van der Waals surface area contributed by atoms with E-state index in [4.69, 9.17) is 25.8 Å². The molecular formula is C26H27ClFN5O4. The minimum absolute atomic E-state index is 0.0182. The zero-order chi connectivity index (χ0) is 25.8. The van der Waals surface area contributed by atoms with E-state index in [1.165, 1.54) is 18.5 Å². The number of aromatic nitrogens is 3. The Hall–Kier alpha value is -3.50. The van der Waals surface area contributed by atoms with Gasteiger partial charge in [-0.2, -0.15) is 0 Å². The molecule has 2 aromatic heterocycles. The SMILES string of the molecule is C=CC(=O)N1CC[C@H](Oc2ccc3ncnc(Nc4ccc(OC[C@@H]5CCCCO5)c(Cl)c4F)c3n2)C1. The van der Waals surface area contributed by atoms with Crippen molar-refractivity contribution in [2.75, 3.05) is 31.6 Å². The third-order valence-electron chi connectivity index (χ3n) is 6.37. The number of pyridine rings is 1. The smallest absolute Gasteiger partial charge is 0.246 e. The van der Waals surface area contributed by atoms with Crippen LogP contribution < -0.4 is 14.8 Å². The molecule has 1 aromatic carbocycles. The Labute approximate surface area is 218 Å². The van der Waals surface area contributed by atoms with Crippen LogP contribution in [0.5, 0.6) is 11.6 Å². The van der Waals surface area contributed by atoms with Crippen LogP contribution in [0, 0.1) is 5.82 Å². The van der Waals surface area contributed by atoms with Gasteiger partial charge in [0.1, 0.15) is 35.3 Å². The number of carbonyl (C=O) groups is 1. The second-order valence-electron chi connectivity index (χ2n) is 8.92. The number of benzene rings is 1. The van der Waals surface area contributed by atoms with Crippen LogP contribution in [0.15, 0.2) is 43.2 Å². The minimum atomic E-state index is -0.666. The van der Waals surface area contributed by atoms with Crippen LogP contribution in [0.25, 0.3) is 11.0 Å². The predicted molar refractivity (Wildman–Crippen MR) is 137 cm³/mol. The molecule has 5 rings (SSSR count). The number of nitrogens with zero attached hydrogens (tertiary/aromatic N) is 4. The molecule has 3 aromatic rings. The van der Waals surface area contributed by atoms with Crippen molar-refractivity contribution in [3.63, 3.8) is 0 Å². The number of anilines is 2. The lowest BCUT2D eigenvalue weighted by molar-refractivity contribution is -0.125. The highest BCUT2D eigenvalue weighted by Gasteiger charge is 2.27. The van der Waals surface area contributed by atoms with Gasteiger partial charge in [-0.25, -0.2) is 19.3 Å². The van der Waals surface area contributed by atoms with Crippen molar-refractivity contribution >= 4 is 40.0 Å². The fourth-order valence-electron chi connectivity index (χ4n) is 4.39. The zero-order valence-electron chi connectivity index (χ0n) is 20.2. The summed E-state index contributed by atoms with van der Waals surface area (Å²) in [5, 5.41) is 2.84. The van der Waals surface area contributed by atoms with E-state index in [1.54, 1.807) is 23.1 Å². The molecule has 2 saturated heterocycles. The molecule has 194 valence electrons. The number of amides is 1. The number of nitrogens with one attached hydrogen (secondary N) is 1. The van der Waals surface area contributed by atoms with Crippen LogP contribution in [0.2, 0.25) is 5.02 Å². The van der Waals surface area contributed by atoms with Crippen LogP contribution in [0.1, 0.15) is 25.7 Å². The fraction of sp³-hybridized carbons (Fsp3) is 0.385. The molecule has 0 saturated carbocycles. The van der Waals surface area contributed by atoms with Gasteiger partial charge in [-0.05, 0) is 43.5 Å². The third kappa shape index (κ3) is 5.75. The number of rotatable bonds is 8. The van der Waals surface area contributed by atoms with Crippen molar-refractivity contribution in [3.8, 4) is 11.6 Å². The average Bonchev–Trinajstić information content (AvgIpc) is 3.39. The molecule has 9 nitrogen and oxygen atoms in total. The summed E-state index contributed by atoms with van der Waals surface area (Å²) in [7, 11) is 0. The molecule has 2 aliphatic rings. The quantitative estimate of drug-likeness (QED) is 0.422. The standard InChI is InChI=1S/C26H27ClFN5O4/c1-2-22(34)33-11-10-16(13-33)37-21-9-7-19-25(32-21)26(30-15-29-19)31-18-6-8-20(23(27)24(18)28)36-14-17-5-3-4-12-35-17/h2,6-9,15-17H,1,3-5,10-14H2,(H,29,30,31)/t16-,17-/m0/s1. The summed E-state index contributed by atoms with van der Waals surface area (Å²) in [6.07, 6.45) is 6.16. The van der Waals surface area contributed by atoms with Crippen LogP contribution in [-0.4, -0.2) is 64.3 Å². The Morgan fingerprint density at radius 3 is 2.97 bits per heavy atom. The van der Waals surface area contributed by atoms with E-state index in [0.29, 0.717) is 55.5 Å². The fourth-order valence-corrected chi connectivity index (χ4v) is 4.61. The lowest BCUT2D eigenvalue weighted by Gasteiger charge is -2.23.